The molecule has 104 valence electrons. The van der Waals surface area contributed by atoms with E-state index in [0.717, 1.165) is 25.9 Å². The summed E-state index contributed by atoms with van der Waals surface area (Å²) in [6.45, 7) is 2.15. The third-order valence-corrected chi connectivity index (χ3v) is 3.58. The van der Waals surface area contributed by atoms with E-state index >= 15 is 0 Å². The Kier molecular flexibility index (Phi) is 4.39. The highest BCUT2D eigenvalue weighted by molar-refractivity contribution is 5.94. The van der Waals surface area contributed by atoms with Gasteiger partial charge < -0.3 is 15.7 Å². The normalized spacial score (nSPS) is 17.4. The summed E-state index contributed by atoms with van der Waals surface area (Å²) >= 11 is 0. The van der Waals surface area contributed by atoms with Crippen LogP contribution in [-0.2, 0) is 4.79 Å². The molecule has 0 aromatic heterocycles. The predicted octanol–water partition coefficient (Wildman–Crippen LogP) is 0.778. The maximum absolute atomic E-state index is 12.2. The molecule has 1 fully saturated rings. The summed E-state index contributed by atoms with van der Waals surface area (Å²) in [4.78, 5) is 15.9. The Morgan fingerprint density at radius 1 is 1.47 bits per heavy atom. The van der Waals surface area contributed by atoms with Gasteiger partial charge in [-0.25, -0.2) is 0 Å². The van der Waals surface area contributed by atoms with E-state index < -0.39 is 0 Å². The van der Waals surface area contributed by atoms with Gasteiger partial charge in [0.2, 0.25) is 5.91 Å². The van der Waals surface area contributed by atoms with Crippen molar-refractivity contribution in [1.29, 1.82) is 0 Å². The van der Waals surface area contributed by atoms with Crippen LogP contribution in [-0.4, -0.2) is 48.6 Å². The monoisotopic (exact) mass is 263 g/mol. The molecule has 1 amide bonds. The molecule has 0 spiro atoms. The summed E-state index contributed by atoms with van der Waals surface area (Å²) in [7, 11) is 1.73. The molecule has 5 heteroatoms. The molecule has 2 rings (SSSR count). The molecular weight excluding hydrogens is 242 g/mol. The number of phenols is 1. The molecule has 19 heavy (non-hydrogen) atoms. The van der Waals surface area contributed by atoms with Gasteiger partial charge in [-0.1, -0.05) is 6.07 Å². The first-order valence-electron chi connectivity index (χ1n) is 6.60. The number of amides is 1. The highest BCUT2D eigenvalue weighted by atomic mass is 16.3. The third-order valence-electron chi connectivity index (χ3n) is 3.58. The van der Waals surface area contributed by atoms with Gasteiger partial charge in [-0.3, -0.25) is 9.69 Å². The molecule has 0 saturated carbocycles. The molecule has 1 aromatic carbocycles. The molecule has 3 N–H and O–H groups in total. The number of likely N-dealkylation sites (tertiary alicyclic amines) is 1. The maximum atomic E-state index is 12.2. The Balaban J connectivity index is 1.92. The fourth-order valence-electron chi connectivity index (χ4n) is 2.25. The SMILES string of the molecule is CN(C(=O)CN1CCC(N)CC1)c1cccc(O)c1. The summed E-state index contributed by atoms with van der Waals surface area (Å²) in [6, 6.07) is 6.99. The number of aromatic hydroxyl groups is 1. The van der Waals surface area contributed by atoms with Crippen LogP contribution in [0, 0.1) is 0 Å². The molecule has 0 atom stereocenters. The fraction of sp³-hybridized carbons (Fsp3) is 0.500. The van der Waals surface area contributed by atoms with E-state index in [1.165, 1.54) is 0 Å². The lowest BCUT2D eigenvalue weighted by Gasteiger charge is -2.30. The smallest absolute Gasteiger partial charge is 0.240 e. The minimum atomic E-state index is 0.0288. The number of phenolic OH excluding ortho intramolecular Hbond substituents is 1. The molecule has 1 aliphatic rings. The van der Waals surface area contributed by atoms with Crippen molar-refractivity contribution in [3.63, 3.8) is 0 Å². The van der Waals surface area contributed by atoms with Crippen LogP contribution in [0.3, 0.4) is 0 Å². The second-order valence-electron chi connectivity index (χ2n) is 5.09. The minimum absolute atomic E-state index is 0.0288. The van der Waals surface area contributed by atoms with Crippen LogP contribution in [0.25, 0.3) is 0 Å². The Labute approximate surface area is 113 Å². The highest BCUT2D eigenvalue weighted by Crippen LogP contribution is 2.19. The second kappa shape index (κ2) is 6.04. The molecule has 0 bridgehead atoms. The van der Waals surface area contributed by atoms with E-state index in [9.17, 15) is 9.90 Å². The number of nitrogens with zero attached hydrogens (tertiary/aromatic N) is 2. The molecule has 0 unspecified atom stereocenters. The quantitative estimate of drug-likeness (QED) is 0.845. The van der Waals surface area contributed by atoms with Crippen molar-refractivity contribution in [2.24, 2.45) is 5.73 Å². The molecule has 5 nitrogen and oxygen atoms in total. The van der Waals surface area contributed by atoms with Gasteiger partial charge in [-0.05, 0) is 25.0 Å². The van der Waals surface area contributed by atoms with Crippen LogP contribution in [0.4, 0.5) is 5.69 Å². The maximum Gasteiger partial charge on any atom is 0.240 e. The van der Waals surface area contributed by atoms with Crippen molar-refractivity contribution in [1.82, 2.24) is 4.90 Å². The van der Waals surface area contributed by atoms with Gasteiger partial charge in [0.1, 0.15) is 5.75 Å². The van der Waals surface area contributed by atoms with E-state index in [1.807, 2.05) is 6.07 Å². The van der Waals surface area contributed by atoms with Crippen molar-refractivity contribution >= 4 is 11.6 Å². The lowest BCUT2D eigenvalue weighted by atomic mass is 10.1. The largest absolute Gasteiger partial charge is 0.508 e. The molecular formula is C14H21N3O2. The van der Waals surface area contributed by atoms with Crippen LogP contribution in [0.5, 0.6) is 5.75 Å². The van der Waals surface area contributed by atoms with E-state index in [0.29, 0.717) is 12.2 Å². The molecule has 1 heterocycles. The number of carbonyl (C=O) groups excluding carboxylic acids is 1. The molecule has 1 aliphatic heterocycles. The Morgan fingerprint density at radius 2 is 2.16 bits per heavy atom. The van der Waals surface area contributed by atoms with Crippen LogP contribution < -0.4 is 10.6 Å². The minimum Gasteiger partial charge on any atom is -0.508 e. The number of piperidine rings is 1. The van der Waals surface area contributed by atoms with Gasteiger partial charge >= 0.3 is 0 Å². The number of benzene rings is 1. The highest BCUT2D eigenvalue weighted by Gasteiger charge is 2.20. The second-order valence-corrected chi connectivity index (χ2v) is 5.09. The summed E-state index contributed by atoms with van der Waals surface area (Å²) in [5, 5.41) is 9.43. The van der Waals surface area contributed by atoms with Crippen LogP contribution in [0.15, 0.2) is 24.3 Å². The summed E-state index contributed by atoms with van der Waals surface area (Å²) in [6.07, 6.45) is 1.90. The number of rotatable bonds is 3. The third kappa shape index (κ3) is 3.68. The lowest BCUT2D eigenvalue weighted by molar-refractivity contribution is -0.119. The number of likely N-dealkylation sites (N-methyl/N-ethyl adjacent to an activating group) is 1. The molecule has 0 aliphatic carbocycles. The van der Waals surface area contributed by atoms with E-state index in [-0.39, 0.29) is 17.7 Å². The van der Waals surface area contributed by atoms with Crippen molar-refractivity contribution in [2.75, 3.05) is 31.6 Å². The summed E-state index contributed by atoms with van der Waals surface area (Å²) in [5.74, 6) is 0.196. The Morgan fingerprint density at radius 3 is 2.79 bits per heavy atom. The molecule has 1 saturated heterocycles. The first kappa shape index (κ1) is 13.8. The van der Waals surface area contributed by atoms with Crippen LogP contribution >= 0.6 is 0 Å². The number of anilines is 1. The van der Waals surface area contributed by atoms with Gasteiger partial charge in [0.25, 0.3) is 0 Å². The first-order valence-corrected chi connectivity index (χ1v) is 6.60. The summed E-state index contributed by atoms with van der Waals surface area (Å²) < 4.78 is 0. The zero-order valence-electron chi connectivity index (χ0n) is 11.2. The first-order chi connectivity index (χ1) is 9.06. The van der Waals surface area contributed by atoms with E-state index in [4.69, 9.17) is 5.73 Å². The fourth-order valence-corrected chi connectivity index (χ4v) is 2.25. The summed E-state index contributed by atoms with van der Waals surface area (Å²) in [5.41, 5.74) is 6.55. The zero-order chi connectivity index (χ0) is 13.8. The van der Waals surface area contributed by atoms with Crippen molar-refractivity contribution in [3.05, 3.63) is 24.3 Å². The Hall–Kier alpha value is -1.59. The van der Waals surface area contributed by atoms with E-state index in [2.05, 4.69) is 4.90 Å². The van der Waals surface area contributed by atoms with Crippen molar-refractivity contribution in [2.45, 2.75) is 18.9 Å². The average Bonchev–Trinajstić information content (AvgIpc) is 2.40. The van der Waals surface area contributed by atoms with Crippen LogP contribution in [0.2, 0.25) is 0 Å². The van der Waals surface area contributed by atoms with Gasteiger partial charge in [0.05, 0.1) is 6.54 Å². The molecule has 1 aromatic rings. The standard InChI is InChI=1S/C14H21N3O2/c1-16(12-3-2-4-13(18)9-12)14(19)10-17-7-5-11(15)6-8-17/h2-4,9,11,18H,5-8,10,15H2,1H3. The van der Waals surface area contributed by atoms with Gasteiger partial charge in [0, 0.05) is 37.9 Å². The number of hydrogen-bond donors (Lipinski definition) is 2. The number of carbonyl (C=O) groups is 1. The van der Waals surface area contributed by atoms with Gasteiger partial charge in [0.15, 0.2) is 0 Å². The van der Waals surface area contributed by atoms with Crippen LogP contribution in [0.1, 0.15) is 12.8 Å². The zero-order valence-corrected chi connectivity index (χ0v) is 11.2. The predicted molar refractivity (Wildman–Crippen MR) is 75.2 cm³/mol. The van der Waals surface area contributed by atoms with Crippen molar-refractivity contribution in [3.8, 4) is 5.75 Å². The number of hydrogen-bond acceptors (Lipinski definition) is 4. The topological polar surface area (TPSA) is 69.8 Å². The van der Waals surface area contributed by atoms with Crippen molar-refractivity contribution < 1.29 is 9.90 Å². The van der Waals surface area contributed by atoms with Gasteiger partial charge in [-0.15, -0.1) is 0 Å². The van der Waals surface area contributed by atoms with Gasteiger partial charge in [-0.2, -0.15) is 0 Å². The lowest BCUT2D eigenvalue weighted by Crippen LogP contribution is -2.45. The Bertz CT molecular complexity index is 442. The van der Waals surface area contributed by atoms with E-state index in [1.54, 1.807) is 30.1 Å². The molecule has 0 radical (unpaired) electrons. The average molecular weight is 263 g/mol. The number of nitrogens with two attached hydrogens (primary N) is 1.